The maximum atomic E-state index is 13.5. The van der Waals surface area contributed by atoms with Gasteiger partial charge in [0.25, 0.3) is 0 Å². The summed E-state index contributed by atoms with van der Waals surface area (Å²) in [5.41, 5.74) is 0.150. The van der Waals surface area contributed by atoms with Crippen molar-refractivity contribution in [3.05, 3.63) is 29.6 Å². The van der Waals surface area contributed by atoms with Gasteiger partial charge in [0, 0.05) is 12.1 Å². The van der Waals surface area contributed by atoms with Gasteiger partial charge >= 0.3 is 6.09 Å². The topological polar surface area (TPSA) is 38.8 Å². The summed E-state index contributed by atoms with van der Waals surface area (Å²) in [5.74, 6) is 0.263. The Morgan fingerprint density at radius 3 is 2.71 bits per heavy atom. The first-order valence-corrected chi connectivity index (χ1v) is 7.15. The lowest BCUT2D eigenvalue weighted by molar-refractivity contribution is 0.0223. The Labute approximate surface area is 124 Å². The summed E-state index contributed by atoms with van der Waals surface area (Å²) in [4.78, 5) is 14.0. The zero-order chi connectivity index (χ0) is 15.6. The molecule has 0 saturated carbocycles. The molecule has 1 saturated heterocycles. The van der Waals surface area contributed by atoms with E-state index < -0.39 is 5.60 Å². The number of ether oxygens (including phenoxy) is 2. The highest BCUT2D eigenvalue weighted by Gasteiger charge is 2.34. The lowest BCUT2D eigenvalue weighted by Crippen LogP contribution is -2.36. The molecule has 0 spiro atoms. The number of likely N-dealkylation sites (tertiary alicyclic amines) is 1. The Morgan fingerprint density at radius 2 is 2.10 bits per heavy atom. The average Bonchev–Trinajstić information content (AvgIpc) is 2.85. The van der Waals surface area contributed by atoms with E-state index in [4.69, 9.17) is 9.47 Å². The van der Waals surface area contributed by atoms with Gasteiger partial charge in [-0.3, -0.25) is 0 Å². The monoisotopic (exact) mass is 295 g/mol. The molecule has 1 aliphatic rings. The molecule has 0 aromatic heterocycles. The molecule has 1 aromatic carbocycles. The summed E-state index contributed by atoms with van der Waals surface area (Å²) >= 11 is 0. The van der Waals surface area contributed by atoms with Crippen LogP contribution in [0.5, 0.6) is 5.75 Å². The first-order valence-electron chi connectivity index (χ1n) is 7.15. The molecular weight excluding hydrogens is 273 g/mol. The van der Waals surface area contributed by atoms with Gasteiger partial charge in [-0.25, -0.2) is 9.18 Å². The van der Waals surface area contributed by atoms with Gasteiger partial charge in [-0.2, -0.15) is 0 Å². The van der Waals surface area contributed by atoms with Crippen LogP contribution < -0.4 is 4.74 Å². The fourth-order valence-corrected chi connectivity index (χ4v) is 2.59. The highest BCUT2D eigenvalue weighted by atomic mass is 19.1. The SMILES string of the molecule is COc1ccc(F)cc1C1CCCN1C(=O)OC(C)(C)C. The molecule has 4 nitrogen and oxygen atoms in total. The molecule has 1 aromatic rings. The van der Waals surface area contributed by atoms with Gasteiger partial charge in [0.15, 0.2) is 0 Å². The molecule has 0 N–H and O–H groups in total. The van der Waals surface area contributed by atoms with Crippen LogP contribution >= 0.6 is 0 Å². The van der Waals surface area contributed by atoms with Crippen molar-refractivity contribution in [1.29, 1.82) is 0 Å². The van der Waals surface area contributed by atoms with E-state index in [1.807, 2.05) is 20.8 Å². The van der Waals surface area contributed by atoms with Crippen LogP contribution in [0.15, 0.2) is 18.2 Å². The van der Waals surface area contributed by atoms with E-state index >= 15 is 0 Å². The van der Waals surface area contributed by atoms with Crippen LogP contribution in [0.25, 0.3) is 0 Å². The molecule has 116 valence electrons. The van der Waals surface area contributed by atoms with Crippen molar-refractivity contribution in [1.82, 2.24) is 4.90 Å². The molecule has 0 bridgehead atoms. The van der Waals surface area contributed by atoms with Gasteiger partial charge in [0.2, 0.25) is 0 Å². The van der Waals surface area contributed by atoms with E-state index in [0.29, 0.717) is 17.9 Å². The lowest BCUT2D eigenvalue weighted by Gasteiger charge is -2.29. The summed E-state index contributed by atoms with van der Waals surface area (Å²) in [5, 5.41) is 0. The van der Waals surface area contributed by atoms with Gasteiger partial charge in [-0.1, -0.05) is 0 Å². The number of amides is 1. The first-order chi connectivity index (χ1) is 9.81. The number of methoxy groups -OCH3 is 1. The smallest absolute Gasteiger partial charge is 0.410 e. The predicted molar refractivity (Wildman–Crippen MR) is 77.9 cm³/mol. The molecular formula is C16H22FNO3. The van der Waals surface area contributed by atoms with Crippen molar-refractivity contribution in [2.45, 2.75) is 45.3 Å². The Morgan fingerprint density at radius 1 is 1.38 bits per heavy atom. The summed E-state index contributed by atoms with van der Waals surface area (Å²) in [6, 6.07) is 4.18. The normalized spacial score (nSPS) is 18.7. The van der Waals surface area contributed by atoms with Crippen molar-refractivity contribution in [2.24, 2.45) is 0 Å². The third kappa shape index (κ3) is 3.65. The van der Waals surface area contributed by atoms with Crippen LogP contribution in [0, 0.1) is 5.82 Å². The third-order valence-electron chi connectivity index (χ3n) is 3.43. The zero-order valence-electron chi connectivity index (χ0n) is 13.0. The van der Waals surface area contributed by atoms with Gasteiger partial charge in [-0.05, 0) is 51.8 Å². The standard InChI is InChI=1S/C16H22FNO3/c1-16(2,3)21-15(19)18-9-5-6-13(18)12-10-11(17)7-8-14(12)20-4/h7-8,10,13H,5-6,9H2,1-4H3. The van der Waals surface area contributed by atoms with Crippen LogP contribution in [0.2, 0.25) is 0 Å². The van der Waals surface area contributed by atoms with Gasteiger partial charge in [-0.15, -0.1) is 0 Å². The third-order valence-corrected chi connectivity index (χ3v) is 3.43. The minimum Gasteiger partial charge on any atom is -0.496 e. The molecule has 1 atom stereocenters. The largest absolute Gasteiger partial charge is 0.496 e. The predicted octanol–water partition coefficient (Wildman–Crippen LogP) is 3.91. The van der Waals surface area contributed by atoms with Crippen LogP contribution in [0.1, 0.15) is 45.2 Å². The molecule has 1 heterocycles. The van der Waals surface area contributed by atoms with Crippen LogP contribution in [0.4, 0.5) is 9.18 Å². The molecule has 1 fully saturated rings. The second-order valence-electron chi connectivity index (χ2n) is 6.22. The van der Waals surface area contributed by atoms with E-state index in [-0.39, 0.29) is 18.0 Å². The number of hydrogen-bond donors (Lipinski definition) is 0. The quantitative estimate of drug-likeness (QED) is 0.830. The Hall–Kier alpha value is -1.78. The fourth-order valence-electron chi connectivity index (χ4n) is 2.59. The maximum Gasteiger partial charge on any atom is 0.410 e. The second kappa shape index (κ2) is 5.92. The summed E-state index contributed by atoms with van der Waals surface area (Å²) < 4.78 is 24.3. The molecule has 0 radical (unpaired) electrons. The van der Waals surface area contributed by atoms with E-state index in [1.54, 1.807) is 18.1 Å². The Bertz CT molecular complexity index is 525. The minimum atomic E-state index is -0.545. The van der Waals surface area contributed by atoms with E-state index in [9.17, 15) is 9.18 Å². The van der Waals surface area contributed by atoms with Crippen molar-refractivity contribution < 1.29 is 18.7 Å². The van der Waals surface area contributed by atoms with Crippen LogP contribution in [-0.4, -0.2) is 30.2 Å². The van der Waals surface area contributed by atoms with Crippen molar-refractivity contribution in [3.8, 4) is 5.75 Å². The lowest BCUT2D eigenvalue weighted by atomic mass is 10.0. The fraction of sp³-hybridized carbons (Fsp3) is 0.562. The Balaban J connectivity index is 2.26. The number of hydrogen-bond acceptors (Lipinski definition) is 3. The highest BCUT2D eigenvalue weighted by Crippen LogP contribution is 2.38. The molecule has 1 unspecified atom stereocenters. The van der Waals surface area contributed by atoms with Crippen LogP contribution in [-0.2, 0) is 4.74 Å². The van der Waals surface area contributed by atoms with Gasteiger partial charge in [0.1, 0.15) is 17.2 Å². The van der Waals surface area contributed by atoms with Crippen molar-refractivity contribution in [2.75, 3.05) is 13.7 Å². The molecule has 1 aliphatic heterocycles. The number of halogens is 1. The molecule has 0 aliphatic carbocycles. The van der Waals surface area contributed by atoms with E-state index in [0.717, 1.165) is 12.8 Å². The molecule has 21 heavy (non-hydrogen) atoms. The van der Waals surface area contributed by atoms with Gasteiger partial charge < -0.3 is 14.4 Å². The molecule has 5 heteroatoms. The average molecular weight is 295 g/mol. The van der Waals surface area contributed by atoms with E-state index in [2.05, 4.69) is 0 Å². The number of carbonyl (C=O) groups excluding carboxylic acids is 1. The minimum absolute atomic E-state index is 0.203. The number of benzene rings is 1. The maximum absolute atomic E-state index is 13.5. The Kier molecular flexibility index (Phi) is 4.40. The molecule has 2 rings (SSSR count). The number of rotatable bonds is 2. The van der Waals surface area contributed by atoms with Gasteiger partial charge in [0.05, 0.1) is 13.2 Å². The van der Waals surface area contributed by atoms with Crippen molar-refractivity contribution in [3.63, 3.8) is 0 Å². The van der Waals surface area contributed by atoms with Crippen LogP contribution in [0.3, 0.4) is 0 Å². The number of carbonyl (C=O) groups is 1. The number of nitrogens with zero attached hydrogens (tertiary/aromatic N) is 1. The summed E-state index contributed by atoms with van der Waals surface area (Å²) in [6.45, 7) is 6.11. The summed E-state index contributed by atoms with van der Waals surface area (Å²) in [6.07, 6.45) is 1.28. The van der Waals surface area contributed by atoms with Crippen molar-refractivity contribution >= 4 is 6.09 Å². The van der Waals surface area contributed by atoms with E-state index in [1.165, 1.54) is 12.1 Å². The molecule has 1 amide bonds. The summed E-state index contributed by atoms with van der Waals surface area (Å²) in [7, 11) is 1.55. The first kappa shape index (κ1) is 15.6. The second-order valence-corrected chi connectivity index (χ2v) is 6.22. The zero-order valence-corrected chi connectivity index (χ0v) is 13.0. The highest BCUT2D eigenvalue weighted by molar-refractivity contribution is 5.69.